The van der Waals surface area contributed by atoms with Crippen molar-refractivity contribution in [1.82, 2.24) is 9.97 Å². The average Bonchev–Trinajstić information content (AvgIpc) is 2.30. The predicted octanol–water partition coefficient (Wildman–Crippen LogP) is 1.68. The van der Waals surface area contributed by atoms with Gasteiger partial charge >= 0.3 is 0 Å². The lowest BCUT2D eigenvalue weighted by Gasteiger charge is -1.86. The molecule has 4 radical (unpaired) electrons. The van der Waals surface area contributed by atoms with Gasteiger partial charge in [-0.2, -0.15) is 0 Å². The highest BCUT2D eigenvalue weighted by molar-refractivity contribution is 5.84. The SMILES string of the molecule is [CH]c1[nH]c2ccncc2c1[CH]. The van der Waals surface area contributed by atoms with Crippen LogP contribution in [0.4, 0.5) is 0 Å². The molecule has 2 nitrogen and oxygen atoms in total. The van der Waals surface area contributed by atoms with Crippen molar-refractivity contribution in [3.63, 3.8) is 0 Å². The highest BCUT2D eigenvalue weighted by Gasteiger charge is 2.01. The maximum atomic E-state index is 5.64. The van der Waals surface area contributed by atoms with E-state index in [1.165, 1.54) is 0 Å². The molecule has 2 heteroatoms. The third kappa shape index (κ3) is 0.827. The zero-order valence-corrected chi connectivity index (χ0v) is 5.83. The molecule has 0 saturated carbocycles. The first kappa shape index (κ1) is 6.40. The number of aromatic nitrogens is 2. The molecule has 0 bridgehead atoms. The Labute approximate surface area is 65.3 Å². The minimum Gasteiger partial charge on any atom is -0.358 e. The molecule has 2 heterocycles. The van der Waals surface area contributed by atoms with Gasteiger partial charge < -0.3 is 4.98 Å². The standard InChI is InChI=1S/C9H6N2/c1-6-7(2)11-9-3-4-10-5-8(6)9/h1-5,11H. The summed E-state index contributed by atoms with van der Waals surface area (Å²) < 4.78 is 0. The molecular weight excluding hydrogens is 136 g/mol. The number of aromatic amines is 1. The van der Waals surface area contributed by atoms with Crippen molar-refractivity contribution in [3.8, 4) is 0 Å². The number of fused-ring (bicyclic) bond motifs is 1. The van der Waals surface area contributed by atoms with Crippen LogP contribution in [0.25, 0.3) is 10.9 Å². The van der Waals surface area contributed by atoms with Gasteiger partial charge in [-0.25, -0.2) is 0 Å². The number of nitrogens with one attached hydrogen (secondary N) is 1. The Morgan fingerprint density at radius 2 is 2.18 bits per heavy atom. The van der Waals surface area contributed by atoms with Crippen LogP contribution in [0.1, 0.15) is 11.3 Å². The van der Waals surface area contributed by atoms with Gasteiger partial charge in [-0.05, 0) is 11.6 Å². The molecule has 0 spiro atoms. The Morgan fingerprint density at radius 1 is 1.36 bits per heavy atom. The van der Waals surface area contributed by atoms with Crippen LogP contribution >= 0.6 is 0 Å². The molecular formula is C9H6N2. The van der Waals surface area contributed by atoms with Crippen LogP contribution in [0, 0.1) is 13.8 Å². The fourth-order valence-corrected chi connectivity index (χ4v) is 1.08. The highest BCUT2D eigenvalue weighted by Crippen LogP contribution is 2.18. The van der Waals surface area contributed by atoms with E-state index in [1.807, 2.05) is 6.07 Å². The van der Waals surface area contributed by atoms with Crippen LogP contribution in [-0.2, 0) is 0 Å². The van der Waals surface area contributed by atoms with Gasteiger partial charge in [-0.1, -0.05) is 0 Å². The van der Waals surface area contributed by atoms with Gasteiger partial charge in [0.1, 0.15) is 0 Å². The molecule has 11 heavy (non-hydrogen) atoms. The quantitative estimate of drug-likeness (QED) is 0.595. The minimum absolute atomic E-state index is 0.507. The summed E-state index contributed by atoms with van der Waals surface area (Å²) >= 11 is 0. The lowest BCUT2D eigenvalue weighted by atomic mass is 10.2. The zero-order valence-electron chi connectivity index (χ0n) is 5.83. The van der Waals surface area contributed by atoms with E-state index in [-0.39, 0.29) is 0 Å². The van der Waals surface area contributed by atoms with Gasteiger partial charge in [0.15, 0.2) is 0 Å². The highest BCUT2D eigenvalue weighted by atomic mass is 14.7. The van der Waals surface area contributed by atoms with E-state index in [0.29, 0.717) is 11.3 Å². The summed E-state index contributed by atoms with van der Waals surface area (Å²) in [6.07, 6.45) is 3.38. The van der Waals surface area contributed by atoms with Crippen molar-refractivity contribution < 1.29 is 0 Å². The fraction of sp³-hybridized carbons (Fsp3) is 0. The monoisotopic (exact) mass is 142 g/mol. The van der Waals surface area contributed by atoms with Gasteiger partial charge in [0.25, 0.3) is 0 Å². The third-order valence-corrected chi connectivity index (χ3v) is 1.67. The summed E-state index contributed by atoms with van der Waals surface area (Å²) in [6.45, 7) is 11.2. The Kier molecular flexibility index (Phi) is 1.22. The molecule has 0 aliphatic carbocycles. The van der Waals surface area contributed by atoms with Gasteiger partial charge in [0.05, 0.1) is 0 Å². The summed E-state index contributed by atoms with van der Waals surface area (Å²) in [7, 11) is 0. The number of hydrogen-bond acceptors (Lipinski definition) is 1. The smallest absolute Gasteiger partial charge is 0.0490 e. The molecule has 0 saturated heterocycles. The molecule has 0 aliphatic heterocycles. The summed E-state index contributed by atoms with van der Waals surface area (Å²) in [4.78, 5) is 6.87. The second-order valence-electron chi connectivity index (χ2n) is 2.37. The van der Waals surface area contributed by atoms with Gasteiger partial charge in [-0.15, -0.1) is 0 Å². The lowest BCUT2D eigenvalue weighted by Crippen LogP contribution is -1.71. The maximum Gasteiger partial charge on any atom is 0.0490 e. The fourth-order valence-electron chi connectivity index (χ4n) is 1.08. The molecule has 0 fully saturated rings. The van der Waals surface area contributed by atoms with E-state index < -0.39 is 0 Å². The van der Waals surface area contributed by atoms with Crippen LogP contribution in [0.3, 0.4) is 0 Å². The number of hydrogen-bond donors (Lipinski definition) is 1. The van der Waals surface area contributed by atoms with Gasteiger partial charge in [0.2, 0.25) is 0 Å². The van der Waals surface area contributed by atoms with Gasteiger partial charge in [-0.3, -0.25) is 4.98 Å². The Balaban J connectivity index is 2.92. The number of pyridine rings is 1. The first-order valence-electron chi connectivity index (χ1n) is 3.25. The van der Waals surface area contributed by atoms with Crippen molar-refractivity contribution in [3.05, 3.63) is 43.6 Å². The van der Waals surface area contributed by atoms with Crippen LogP contribution in [0.15, 0.2) is 18.5 Å². The van der Waals surface area contributed by atoms with E-state index in [0.717, 1.165) is 10.9 Å². The van der Waals surface area contributed by atoms with Crippen molar-refractivity contribution in [2.24, 2.45) is 0 Å². The van der Waals surface area contributed by atoms with Crippen molar-refractivity contribution in [2.75, 3.05) is 0 Å². The lowest BCUT2D eigenvalue weighted by molar-refractivity contribution is 1.35. The summed E-state index contributed by atoms with van der Waals surface area (Å²) in [5.74, 6) is 0. The minimum atomic E-state index is 0.507. The average molecular weight is 142 g/mol. The second-order valence-corrected chi connectivity index (χ2v) is 2.37. The van der Waals surface area contributed by atoms with E-state index in [2.05, 4.69) is 9.97 Å². The normalized spacial score (nSPS) is 10.7. The Bertz CT molecular complexity index is 387. The molecule has 0 aliphatic rings. The van der Waals surface area contributed by atoms with Crippen LogP contribution < -0.4 is 0 Å². The van der Waals surface area contributed by atoms with E-state index in [1.54, 1.807) is 12.4 Å². The summed E-state index contributed by atoms with van der Waals surface area (Å²) in [6, 6.07) is 1.84. The molecule has 52 valence electrons. The van der Waals surface area contributed by atoms with E-state index >= 15 is 0 Å². The maximum absolute atomic E-state index is 5.64. The van der Waals surface area contributed by atoms with Crippen LogP contribution in [0.5, 0.6) is 0 Å². The first-order valence-corrected chi connectivity index (χ1v) is 3.25. The molecule has 0 amide bonds. The number of nitrogens with zero attached hydrogens (tertiary/aromatic N) is 1. The molecule has 0 atom stereocenters. The Morgan fingerprint density at radius 3 is 2.91 bits per heavy atom. The van der Waals surface area contributed by atoms with E-state index in [9.17, 15) is 0 Å². The molecule has 2 rings (SSSR count). The molecule has 0 aromatic carbocycles. The predicted molar refractivity (Wildman–Crippen MR) is 42.9 cm³/mol. The summed E-state index contributed by atoms with van der Waals surface area (Å²) in [5.41, 5.74) is 2.01. The molecule has 2 aromatic rings. The van der Waals surface area contributed by atoms with Gasteiger partial charge in [0, 0.05) is 42.8 Å². The Hall–Kier alpha value is -1.31. The van der Waals surface area contributed by atoms with Crippen LogP contribution in [0.2, 0.25) is 0 Å². The van der Waals surface area contributed by atoms with Crippen molar-refractivity contribution in [2.45, 2.75) is 0 Å². The first-order chi connectivity index (χ1) is 5.29. The molecule has 0 unspecified atom stereocenters. The number of rotatable bonds is 0. The topological polar surface area (TPSA) is 28.7 Å². The number of H-pyrrole nitrogens is 1. The third-order valence-electron chi connectivity index (χ3n) is 1.67. The molecule has 2 aromatic heterocycles. The van der Waals surface area contributed by atoms with Crippen LogP contribution in [-0.4, -0.2) is 9.97 Å². The zero-order chi connectivity index (χ0) is 7.84. The second kappa shape index (κ2) is 2.09. The van der Waals surface area contributed by atoms with Crippen molar-refractivity contribution >= 4 is 10.9 Å². The summed E-state index contributed by atoms with van der Waals surface area (Å²) in [5, 5.41) is 0.880. The largest absolute Gasteiger partial charge is 0.358 e. The van der Waals surface area contributed by atoms with E-state index in [4.69, 9.17) is 13.8 Å². The molecule has 1 N–H and O–H groups in total. The van der Waals surface area contributed by atoms with Crippen molar-refractivity contribution in [1.29, 1.82) is 0 Å².